The Balaban J connectivity index is 1.91. The molecule has 126 valence electrons. The van der Waals surface area contributed by atoms with Gasteiger partial charge >= 0.3 is 0 Å². The van der Waals surface area contributed by atoms with Crippen LogP contribution in [0.15, 0.2) is 39.1 Å². The van der Waals surface area contributed by atoms with Gasteiger partial charge in [0.15, 0.2) is 5.17 Å². The lowest BCUT2D eigenvalue weighted by Crippen LogP contribution is -2.29. The monoisotopic (exact) mass is 427 g/mol. The minimum Gasteiger partial charge on any atom is -0.379 e. The van der Waals surface area contributed by atoms with Gasteiger partial charge in [0, 0.05) is 21.5 Å². The minimum absolute atomic E-state index is 0.234. The summed E-state index contributed by atoms with van der Waals surface area (Å²) in [7, 11) is 0. The van der Waals surface area contributed by atoms with Gasteiger partial charge in [0.1, 0.15) is 10.7 Å². The number of nitrogens with zero attached hydrogens (tertiary/aromatic N) is 1. The van der Waals surface area contributed by atoms with E-state index < -0.39 is 5.54 Å². The maximum Gasteiger partial charge on any atom is 0.266 e. The Morgan fingerprint density at radius 3 is 2.92 bits per heavy atom. The molecule has 1 unspecified atom stereocenters. The maximum atomic E-state index is 14.4. The fraction of sp³-hybridized carbons (Fsp3) is 0.250. The summed E-state index contributed by atoms with van der Waals surface area (Å²) in [5.74, 6) is 0.197. The maximum absolute atomic E-state index is 14.4. The molecule has 1 aromatic heterocycles. The molecule has 0 saturated carbocycles. The molecule has 0 saturated heterocycles. The van der Waals surface area contributed by atoms with E-state index >= 15 is 0 Å². The number of benzene rings is 1. The molecule has 1 atom stereocenters. The third-order valence-electron chi connectivity index (χ3n) is 3.82. The first-order chi connectivity index (χ1) is 11.4. The number of hydrogen-bond donors (Lipinski definition) is 2. The number of carbonyl (C=O) groups excluding carboxylic acids is 1. The van der Waals surface area contributed by atoms with Crippen molar-refractivity contribution in [3.05, 3.63) is 50.4 Å². The molecule has 0 spiro atoms. The first-order valence-corrected chi connectivity index (χ1v) is 9.87. The summed E-state index contributed by atoms with van der Waals surface area (Å²) < 4.78 is 15.1. The lowest BCUT2D eigenvalue weighted by atomic mass is 9.89. The molecule has 0 aliphatic carbocycles. The normalized spacial score (nSPS) is 20.5. The predicted octanol–water partition coefficient (Wildman–Crippen LogP) is 4.57. The zero-order valence-corrected chi connectivity index (χ0v) is 16.0. The van der Waals surface area contributed by atoms with E-state index in [1.54, 1.807) is 12.1 Å². The topological polar surface area (TPSA) is 67.5 Å². The summed E-state index contributed by atoms with van der Waals surface area (Å²) in [6.45, 7) is 1.86. The molecule has 3 rings (SSSR count). The van der Waals surface area contributed by atoms with Crippen molar-refractivity contribution in [2.75, 3.05) is 11.1 Å². The summed E-state index contributed by atoms with van der Waals surface area (Å²) in [4.78, 5) is 17.3. The smallest absolute Gasteiger partial charge is 0.266 e. The van der Waals surface area contributed by atoms with Gasteiger partial charge in [0.25, 0.3) is 5.91 Å². The van der Waals surface area contributed by atoms with E-state index in [9.17, 15) is 9.18 Å². The lowest BCUT2D eigenvalue weighted by molar-refractivity contribution is 0.103. The molecule has 24 heavy (non-hydrogen) atoms. The van der Waals surface area contributed by atoms with Crippen molar-refractivity contribution in [2.24, 2.45) is 10.7 Å². The molecule has 1 aromatic carbocycles. The summed E-state index contributed by atoms with van der Waals surface area (Å²) in [6, 6.07) is 6.36. The number of hydrogen-bond acceptors (Lipinski definition) is 5. The number of halogens is 2. The van der Waals surface area contributed by atoms with E-state index in [1.165, 1.54) is 29.2 Å². The number of rotatable bonds is 3. The van der Waals surface area contributed by atoms with Crippen LogP contribution < -0.4 is 11.1 Å². The Morgan fingerprint density at radius 1 is 1.46 bits per heavy atom. The predicted molar refractivity (Wildman–Crippen MR) is 102 cm³/mol. The van der Waals surface area contributed by atoms with Crippen LogP contribution in [0.3, 0.4) is 0 Å². The number of nitrogens with one attached hydrogen (secondary N) is 1. The van der Waals surface area contributed by atoms with Gasteiger partial charge in [-0.3, -0.25) is 9.79 Å². The molecule has 1 aliphatic heterocycles. The van der Waals surface area contributed by atoms with E-state index in [4.69, 9.17) is 5.73 Å². The van der Waals surface area contributed by atoms with Gasteiger partial charge in [-0.2, -0.15) is 0 Å². The van der Waals surface area contributed by atoms with Crippen LogP contribution in [0.4, 0.5) is 10.1 Å². The highest BCUT2D eigenvalue weighted by Crippen LogP contribution is 2.37. The second-order valence-electron chi connectivity index (χ2n) is 5.57. The molecule has 2 aromatic rings. The molecule has 3 N–H and O–H groups in total. The first kappa shape index (κ1) is 17.4. The summed E-state index contributed by atoms with van der Waals surface area (Å²) in [5.41, 5.74) is 6.07. The number of amides is 1. The summed E-state index contributed by atoms with van der Waals surface area (Å²) in [6.07, 6.45) is 0.684. The van der Waals surface area contributed by atoms with Crippen molar-refractivity contribution in [1.82, 2.24) is 0 Å². The van der Waals surface area contributed by atoms with Crippen LogP contribution in [0.2, 0.25) is 0 Å². The summed E-state index contributed by atoms with van der Waals surface area (Å²) in [5, 5.41) is 5.10. The molecule has 0 fully saturated rings. The Hall–Kier alpha value is -1.38. The molecule has 4 nitrogen and oxygen atoms in total. The van der Waals surface area contributed by atoms with Crippen molar-refractivity contribution in [3.63, 3.8) is 0 Å². The number of carbonyl (C=O) groups is 1. The van der Waals surface area contributed by atoms with Crippen LogP contribution in [-0.2, 0) is 5.54 Å². The largest absolute Gasteiger partial charge is 0.379 e. The Bertz CT molecular complexity index is 823. The van der Waals surface area contributed by atoms with Gasteiger partial charge < -0.3 is 11.1 Å². The average molecular weight is 428 g/mol. The standard InChI is InChI=1S/C16H15BrFN3OS2/c1-16(5-7-24-15(19)21-16)10-8-9(2-3-12(10)18)20-14(22)13-11(17)4-6-23-13/h2-4,6,8H,5,7H2,1H3,(H2,19,21)(H,20,22). The number of thiophene rings is 1. The van der Waals surface area contributed by atoms with Crippen molar-refractivity contribution in [1.29, 1.82) is 0 Å². The van der Waals surface area contributed by atoms with E-state index in [0.717, 1.165) is 10.2 Å². The highest BCUT2D eigenvalue weighted by atomic mass is 79.9. The highest BCUT2D eigenvalue weighted by Gasteiger charge is 2.32. The highest BCUT2D eigenvalue weighted by molar-refractivity contribution is 9.10. The van der Waals surface area contributed by atoms with Crippen LogP contribution >= 0.6 is 39.0 Å². The molecule has 8 heteroatoms. The van der Waals surface area contributed by atoms with Gasteiger partial charge in [-0.1, -0.05) is 11.8 Å². The van der Waals surface area contributed by atoms with Gasteiger partial charge in [0.05, 0.1) is 5.54 Å². The second kappa shape index (κ2) is 6.85. The fourth-order valence-corrected chi connectivity index (χ4v) is 4.96. The van der Waals surface area contributed by atoms with E-state index in [0.29, 0.717) is 27.7 Å². The second-order valence-corrected chi connectivity index (χ2v) is 8.45. The molecule has 1 aliphatic rings. The average Bonchev–Trinajstić information content (AvgIpc) is 2.95. The van der Waals surface area contributed by atoms with Crippen LogP contribution in [0, 0.1) is 5.82 Å². The van der Waals surface area contributed by atoms with Gasteiger partial charge in [-0.25, -0.2) is 4.39 Å². The number of thioether (sulfide) groups is 1. The van der Waals surface area contributed by atoms with E-state index in [1.807, 2.05) is 18.4 Å². The molecular weight excluding hydrogens is 413 g/mol. The molecular formula is C16H15BrFN3OS2. The van der Waals surface area contributed by atoms with E-state index in [-0.39, 0.29) is 11.7 Å². The Morgan fingerprint density at radius 2 is 2.25 bits per heavy atom. The molecule has 0 radical (unpaired) electrons. The number of amidine groups is 1. The van der Waals surface area contributed by atoms with Gasteiger partial charge in [-0.15, -0.1) is 11.3 Å². The van der Waals surface area contributed by atoms with Gasteiger partial charge in [0.2, 0.25) is 0 Å². The van der Waals surface area contributed by atoms with Crippen LogP contribution in [0.5, 0.6) is 0 Å². The number of nitrogens with two attached hydrogens (primary N) is 1. The van der Waals surface area contributed by atoms with Crippen LogP contribution in [0.25, 0.3) is 0 Å². The zero-order valence-electron chi connectivity index (χ0n) is 12.8. The van der Waals surface area contributed by atoms with Crippen LogP contribution in [-0.4, -0.2) is 16.8 Å². The third-order valence-corrected chi connectivity index (χ3v) is 6.46. The molecule has 1 amide bonds. The van der Waals surface area contributed by atoms with Crippen molar-refractivity contribution in [3.8, 4) is 0 Å². The SMILES string of the molecule is CC1(c2cc(NC(=O)c3sccc3Br)ccc2F)CCSC(N)=N1. The Kier molecular flexibility index (Phi) is 4.98. The van der Waals surface area contributed by atoms with Crippen molar-refractivity contribution >= 4 is 55.8 Å². The molecule has 2 heterocycles. The van der Waals surface area contributed by atoms with E-state index in [2.05, 4.69) is 26.2 Å². The van der Waals surface area contributed by atoms with Crippen molar-refractivity contribution in [2.45, 2.75) is 18.9 Å². The first-order valence-electron chi connectivity index (χ1n) is 7.21. The van der Waals surface area contributed by atoms with Crippen LogP contribution in [0.1, 0.15) is 28.6 Å². The van der Waals surface area contributed by atoms with Gasteiger partial charge in [-0.05, 0) is 58.9 Å². The molecule has 0 bridgehead atoms. The zero-order chi connectivity index (χ0) is 17.3. The number of aliphatic imine (C=N–C) groups is 1. The number of anilines is 1. The third kappa shape index (κ3) is 3.50. The fourth-order valence-electron chi connectivity index (χ4n) is 2.54. The Labute approximate surface area is 155 Å². The summed E-state index contributed by atoms with van der Waals surface area (Å²) >= 11 is 6.14. The lowest BCUT2D eigenvalue weighted by Gasteiger charge is -2.30. The quantitative estimate of drug-likeness (QED) is 0.753. The van der Waals surface area contributed by atoms with Crippen molar-refractivity contribution < 1.29 is 9.18 Å². The minimum atomic E-state index is -0.719.